The van der Waals surface area contributed by atoms with Crippen LogP contribution in [0.3, 0.4) is 0 Å². The quantitative estimate of drug-likeness (QED) is 0.876. The standard InChI is InChI=1S/C13H12ClN3O3/c1-19-8-3-4-9(10(5-8)20-2)13(18)17-12-6-11(14)15-7-16-12/h3-7H,1-2H3,(H,15,16,17,18). The Morgan fingerprint density at radius 3 is 2.65 bits per heavy atom. The van der Waals surface area contributed by atoms with E-state index >= 15 is 0 Å². The van der Waals surface area contributed by atoms with Crippen LogP contribution >= 0.6 is 11.6 Å². The number of nitrogens with one attached hydrogen (secondary N) is 1. The molecule has 0 aliphatic heterocycles. The largest absolute Gasteiger partial charge is 0.497 e. The first-order valence-corrected chi connectivity index (χ1v) is 6.02. The second-order valence-electron chi connectivity index (χ2n) is 3.75. The molecule has 1 aromatic heterocycles. The SMILES string of the molecule is COc1ccc(C(=O)Nc2cc(Cl)ncn2)c(OC)c1. The number of halogens is 1. The lowest BCUT2D eigenvalue weighted by Gasteiger charge is -2.10. The van der Waals surface area contributed by atoms with E-state index in [4.69, 9.17) is 21.1 Å². The molecule has 0 saturated heterocycles. The number of hydrogen-bond donors (Lipinski definition) is 1. The summed E-state index contributed by atoms with van der Waals surface area (Å²) in [5.41, 5.74) is 0.364. The maximum Gasteiger partial charge on any atom is 0.260 e. The van der Waals surface area contributed by atoms with Crippen molar-refractivity contribution in [3.8, 4) is 11.5 Å². The number of benzene rings is 1. The van der Waals surface area contributed by atoms with Crippen molar-refractivity contribution in [2.24, 2.45) is 0 Å². The summed E-state index contributed by atoms with van der Waals surface area (Å²) in [6, 6.07) is 6.36. The predicted octanol–water partition coefficient (Wildman–Crippen LogP) is 2.40. The van der Waals surface area contributed by atoms with Crippen LogP contribution in [0.5, 0.6) is 11.5 Å². The Morgan fingerprint density at radius 2 is 2.00 bits per heavy atom. The van der Waals surface area contributed by atoms with Gasteiger partial charge in [-0.15, -0.1) is 0 Å². The number of carbonyl (C=O) groups is 1. The fourth-order valence-corrected chi connectivity index (χ4v) is 1.72. The highest BCUT2D eigenvalue weighted by molar-refractivity contribution is 6.29. The van der Waals surface area contributed by atoms with E-state index in [9.17, 15) is 4.79 Å². The first-order chi connectivity index (χ1) is 9.63. The Kier molecular flexibility index (Phi) is 4.37. The van der Waals surface area contributed by atoms with Crippen LogP contribution in [0.15, 0.2) is 30.6 Å². The van der Waals surface area contributed by atoms with Crippen LogP contribution in [-0.2, 0) is 0 Å². The molecule has 1 N–H and O–H groups in total. The smallest absolute Gasteiger partial charge is 0.260 e. The summed E-state index contributed by atoms with van der Waals surface area (Å²) in [4.78, 5) is 19.8. The monoisotopic (exact) mass is 293 g/mol. The van der Waals surface area contributed by atoms with Gasteiger partial charge in [0.15, 0.2) is 0 Å². The van der Waals surface area contributed by atoms with Crippen LogP contribution < -0.4 is 14.8 Å². The van der Waals surface area contributed by atoms with E-state index in [1.807, 2.05) is 0 Å². The Balaban J connectivity index is 2.25. The van der Waals surface area contributed by atoms with Crippen molar-refractivity contribution < 1.29 is 14.3 Å². The van der Waals surface area contributed by atoms with E-state index in [0.29, 0.717) is 22.9 Å². The van der Waals surface area contributed by atoms with Gasteiger partial charge in [0.05, 0.1) is 19.8 Å². The Labute approximate surface area is 120 Å². The van der Waals surface area contributed by atoms with Gasteiger partial charge in [0.25, 0.3) is 5.91 Å². The van der Waals surface area contributed by atoms with Gasteiger partial charge in [-0.05, 0) is 12.1 Å². The molecule has 0 aliphatic rings. The molecule has 0 saturated carbocycles. The van der Waals surface area contributed by atoms with Gasteiger partial charge in [0, 0.05) is 12.1 Å². The van der Waals surface area contributed by atoms with Crippen LogP contribution in [0.1, 0.15) is 10.4 Å². The van der Waals surface area contributed by atoms with E-state index in [2.05, 4.69) is 15.3 Å². The van der Waals surface area contributed by atoms with Gasteiger partial charge in [0.2, 0.25) is 0 Å². The molecule has 2 aromatic rings. The Hall–Kier alpha value is -2.34. The summed E-state index contributed by atoms with van der Waals surface area (Å²) in [5, 5.41) is 2.86. The lowest BCUT2D eigenvalue weighted by molar-refractivity contribution is 0.102. The van der Waals surface area contributed by atoms with E-state index in [1.54, 1.807) is 18.2 Å². The number of ether oxygens (including phenoxy) is 2. The lowest BCUT2D eigenvalue weighted by atomic mass is 10.1. The van der Waals surface area contributed by atoms with Gasteiger partial charge in [-0.3, -0.25) is 4.79 Å². The number of nitrogens with zero attached hydrogens (tertiary/aromatic N) is 2. The number of hydrogen-bond acceptors (Lipinski definition) is 5. The fourth-order valence-electron chi connectivity index (χ4n) is 1.57. The maximum absolute atomic E-state index is 12.2. The highest BCUT2D eigenvalue weighted by atomic mass is 35.5. The van der Waals surface area contributed by atoms with Crippen LogP contribution in [-0.4, -0.2) is 30.1 Å². The van der Waals surface area contributed by atoms with Gasteiger partial charge in [-0.1, -0.05) is 11.6 Å². The molecule has 1 amide bonds. The van der Waals surface area contributed by atoms with E-state index in [1.165, 1.54) is 26.6 Å². The Bertz CT molecular complexity index is 634. The number of aromatic nitrogens is 2. The molecule has 1 heterocycles. The minimum Gasteiger partial charge on any atom is -0.497 e. The summed E-state index contributed by atoms with van der Waals surface area (Å²) in [6.45, 7) is 0. The first kappa shape index (κ1) is 14.1. The third kappa shape index (κ3) is 3.16. The number of amides is 1. The third-order valence-electron chi connectivity index (χ3n) is 2.53. The highest BCUT2D eigenvalue weighted by Gasteiger charge is 2.14. The molecule has 0 bridgehead atoms. The summed E-state index contributed by atoms with van der Waals surface area (Å²) < 4.78 is 10.2. The van der Waals surface area contributed by atoms with Crippen molar-refractivity contribution in [1.82, 2.24) is 9.97 Å². The molecular formula is C13H12ClN3O3. The zero-order valence-corrected chi connectivity index (χ0v) is 11.6. The van der Waals surface area contributed by atoms with Gasteiger partial charge in [0.1, 0.15) is 28.8 Å². The molecule has 7 heteroatoms. The normalized spacial score (nSPS) is 9.95. The zero-order valence-electron chi connectivity index (χ0n) is 10.9. The summed E-state index contributed by atoms with van der Waals surface area (Å²) in [5.74, 6) is 0.956. The molecule has 0 fully saturated rings. The second-order valence-corrected chi connectivity index (χ2v) is 4.13. The van der Waals surface area contributed by atoms with Crippen molar-refractivity contribution in [2.75, 3.05) is 19.5 Å². The van der Waals surface area contributed by atoms with E-state index < -0.39 is 0 Å². The molecule has 20 heavy (non-hydrogen) atoms. The van der Waals surface area contributed by atoms with Gasteiger partial charge < -0.3 is 14.8 Å². The number of anilines is 1. The molecule has 0 aliphatic carbocycles. The van der Waals surface area contributed by atoms with Crippen molar-refractivity contribution in [2.45, 2.75) is 0 Å². The zero-order chi connectivity index (χ0) is 14.5. The van der Waals surface area contributed by atoms with Crippen molar-refractivity contribution >= 4 is 23.3 Å². The average molecular weight is 294 g/mol. The molecule has 2 rings (SSSR count). The highest BCUT2D eigenvalue weighted by Crippen LogP contribution is 2.25. The van der Waals surface area contributed by atoms with Crippen LogP contribution in [0, 0.1) is 0 Å². The number of carbonyl (C=O) groups excluding carboxylic acids is 1. The van der Waals surface area contributed by atoms with Crippen LogP contribution in [0.25, 0.3) is 0 Å². The molecule has 0 atom stereocenters. The minimum absolute atomic E-state index is 0.247. The van der Waals surface area contributed by atoms with Gasteiger partial charge in [-0.2, -0.15) is 0 Å². The maximum atomic E-state index is 12.2. The van der Waals surface area contributed by atoms with Crippen molar-refractivity contribution in [3.05, 3.63) is 41.3 Å². The van der Waals surface area contributed by atoms with Crippen molar-refractivity contribution in [3.63, 3.8) is 0 Å². The van der Waals surface area contributed by atoms with Gasteiger partial charge in [-0.25, -0.2) is 9.97 Å². The molecular weight excluding hydrogens is 282 g/mol. The van der Waals surface area contributed by atoms with Crippen LogP contribution in [0.4, 0.5) is 5.82 Å². The molecule has 6 nitrogen and oxygen atoms in total. The molecule has 1 aromatic carbocycles. The summed E-state index contributed by atoms with van der Waals surface area (Å²) in [7, 11) is 3.02. The van der Waals surface area contributed by atoms with E-state index in [0.717, 1.165) is 0 Å². The molecule has 0 radical (unpaired) electrons. The first-order valence-electron chi connectivity index (χ1n) is 5.65. The summed E-state index contributed by atoms with van der Waals surface area (Å²) in [6.07, 6.45) is 1.27. The van der Waals surface area contributed by atoms with Crippen LogP contribution in [0.2, 0.25) is 5.15 Å². The second kappa shape index (κ2) is 6.21. The third-order valence-corrected chi connectivity index (χ3v) is 2.74. The number of methoxy groups -OCH3 is 2. The summed E-state index contributed by atoms with van der Waals surface area (Å²) >= 11 is 5.73. The van der Waals surface area contributed by atoms with Gasteiger partial charge >= 0.3 is 0 Å². The average Bonchev–Trinajstić information content (AvgIpc) is 2.46. The fraction of sp³-hybridized carbons (Fsp3) is 0.154. The van der Waals surface area contributed by atoms with Crippen molar-refractivity contribution in [1.29, 1.82) is 0 Å². The predicted molar refractivity (Wildman–Crippen MR) is 74.5 cm³/mol. The lowest BCUT2D eigenvalue weighted by Crippen LogP contribution is -2.14. The Morgan fingerprint density at radius 1 is 1.20 bits per heavy atom. The minimum atomic E-state index is -0.362. The van der Waals surface area contributed by atoms with E-state index in [-0.39, 0.29) is 11.1 Å². The molecule has 0 unspecified atom stereocenters. The molecule has 0 spiro atoms. The topological polar surface area (TPSA) is 73.3 Å². The number of rotatable bonds is 4. The molecule has 104 valence electrons.